The number of nitrogens with one attached hydrogen (secondary N) is 1. The second kappa shape index (κ2) is 7.95. The van der Waals surface area contributed by atoms with E-state index in [-0.39, 0.29) is 0 Å². The first-order chi connectivity index (χ1) is 10.2. The lowest BCUT2D eigenvalue weighted by atomic mass is 9.78. The summed E-state index contributed by atoms with van der Waals surface area (Å²) in [5.41, 5.74) is 1.79. The zero-order valence-electron chi connectivity index (χ0n) is 13.9. The van der Waals surface area contributed by atoms with Crippen molar-refractivity contribution >= 4 is 0 Å². The molecule has 1 N–H and O–H groups in total. The van der Waals surface area contributed by atoms with E-state index in [9.17, 15) is 0 Å². The number of rotatable bonds is 9. The Bertz CT molecular complexity index is 408. The Morgan fingerprint density at radius 3 is 2.81 bits per heavy atom. The van der Waals surface area contributed by atoms with Crippen LogP contribution in [-0.2, 0) is 17.8 Å². The van der Waals surface area contributed by atoms with Crippen molar-refractivity contribution in [3.05, 3.63) is 18.2 Å². The molecular formula is C17H31N3O. The third-order valence-electron chi connectivity index (χ3n) is 4.60. The Balaban J connectivity index is 1.96. The minimum Gasteiger partial charge on any atom is -0.383 e. The van der Waals surface area contributed by atoms with Crippen LogP contribution in [0.4, 0.5) is 0 Å². The number of aromatic nitrogens is 2. The van der Waals surface area contributed by atoms with Crippen LogP contribution in [-0.4, -0.2) is 29.8 Å². The van der Waals surface area contributed by atoms with Crippen molar-refractivity contribution in [2.24, 2.45) is 11.3 Å². The summed E-state index contributed by atoms with van der Waals surface area (Å²) in [4.78, 5) is 4.37. The van der Waals surface area contributed by atoms with Crippen molar-refractivity contribution < 1.29 is 4.74 Å². The number of methoxy groups -OCH3 is 1. The molecule has 0 aromatic carbocycles. The maximum atomic E-state index is 5.07. The van der Waals surface area contributed by atoms with Gasteiger partial charge in [-0.05, 0) is 30.6 Å². The Hall–Kier alpha value is -0.870. The van der Waals surface area contributed by atoms with Crippen molar-refractivity contribution in [2.75, 3.05) is 20.3 Å². The fourth-order valence-electron chi connectivity index (χ4n) is 3.81. The molecule has 1 aliphatic rings. The fraction of sp³-hybridized carbons (Fsp3) is 0.824. The molecule has 1 fully saturated rings. The Labute approximate surface area is 129 Å². The maximum Gasteiger partial charge on any atom is 0.0948 e. The van der Waals surface area contributed by atoms with Crippen molar-refractivity contribution in [3.63, 3.8) is 0 Å². The monoisotopic (exact) mass is 293 g/mol. The van der Waals surface area contributed by atoms with E-state index in [1.54, 1.807) is 7.11 Å². The van der Waals surface area contributed by atoms with E-state index in [2.05, 4.69) is 28.7 Å². The van der Waals surface area contributed by atoms with Crippen LogP contribution in [0.15, 0.2) is 12.5 Å². The van der Waals surface area contributed by atoms with Crippen LogP contribution in [0.5, 0.6) is 0 Å². The highest BCUT2D eigenvalue weighted by Gasteiger charge is 2.35. The highest BCUT2D eigenvalue weighted by molar-refractivity contribution is 5.00. The first-order valence-electron chi connectivity index (χ1n) is 8.34. The van der Waals surface area contributed by atoms with Gasteiger partial charge in [0.05, 0.1) is 18.6 Å². The van der Waals surface area contributed by atoms with Gasteiger partial charge in [0, 0.05) is 32.9 Å². The predicted octanol–water partition coefficient (Wildman–Crippen LogP) is 3.23. The first-order valence-corrected chi connectivity index (χ1v) is 8.34. The second-order valence-electron chi connectivity index (χ2n) is 6.99. The van der Waals surface area contributed by atoms with Gasteiger partial charge in [0.25, 0.3) is 0 Å². The summed E-state index contributed by atoms with van der Waals surface area (Å²) in [6, 6.07) is 0. The third kappa shape index (κ3) is 4.82. The molecule has 0 amide bonds. The molecule has 120 valence electrons. The average Bonchev–Trinajstić information content (AvgIpc) is 3.05. The topological polar surface area (TPSA) is 39.1 Å². The second-order valence-corrected chi connectivity index (χ2v) is 6.99. The molecule has 2 rings (SSSR count). The lowest BCUT2D eigenvalue weighted by Gasteiger charge is -2.32. The number of imidazole rings is 1. The summed E-state index contributed by atoms with van der Waals surface area (Å²) in [5, 5.41) is 3.42. The molecule has 4 nitrogen and oxygen atoms in total. The van der Waals surface area contributed by atoms with Gasteiger partial charge >= 0.3 is 0 Å². The molecule has 21 heavy (non-hydrogen) atoms. The van der Waals surface area contributed by atoms with Gasteiger partial charge in [-0.2, -0.15) is 0 Å². The fourth-order valence-corrected chi connectivity index (χ4v) is 3.81. The van der Waals surface area contributed by atoms with Crippen LogP contribution in [0, 0.1) is 11.3 Å². The van der Waals surface area contributed by atoms with Crippen LogP contribution in [0.3, 0.4) is 0 Å². The Morgan fingerprint density at radius 1 is 1.38 bits per heavy atom. The van der Waals surface area contributed by atoms with E-state index in [1.807, 2.05) is 12.5 Å². The minimum atomic E-state index is 0.496. The van der Waals surface area contributed by atoms with E-state index in [0.29, 0.717) is 5.41 Å². The number of nitrogens with zero attached hydrogens (tertiary/aromatic N) is 2. The summed E-state index contributed by atoms with van der Waals surface area (Å²) < 4.78 is 7.44. The van der Waals surface area contributed by atoms with Gasteiger partial charge in [0.1, 0.15) is 0 Å². The average molecular weight is 293 g/mol. The molecule has 0 saturated heterocycles. The highest BCUT2D eigenvalue weighted by Crippen LogP contribution is 2.44. The van der Waals surface area contributed by atoms with E-state index < -0.39 is 0 Å². The van der Waals surface area contributed by atoms with Gasteiger partial charge in [-0.3, -0.25) is 0 Å². The lowest BCUT2D eigenvalue weighted by molar-refractivity contribution is 0.192. The number of ether oxygens (including phenoxy) is 1. The molecule has 4 heteroatoms. The molecule has 1 heterocycles. The van der Waals surface area contributed by atoms with E-state index >= 15 is 0 Å². The molecule has 1 saturated carbocycles. The van der Waals surface area contributed by atoms with E-state index in [0.717, 1.165) is 32.2 Å². The summed E-state index contributed by atoms with van der Waals surface area (Å²) >= 11 is 0. The molecule has 0 radical (unpaired) electrons. The van der Waals surface area contributed by atoms with Gasteiger partial charge in [-0.25, -0.2) is 4.98 Å². The van der Waals surface area contributed by atoms with Crippen molar-refractivity contribution in [2.45, 2.75) is 59.0 Å². The molecular weight excluding hydrogens is 262 g/mol. The van der Waals surface area contributed by atoms with E-state index in [4.69, 9.17) is 4.74 Å². The van der Waals surface area contributed by atoms with Crippen LogP contribution < -0.4 is 5.32 Å². The van der Waals surface area contributed by atoms with Crippen molar-refractivity contribution in [3.8, 4) is 0 Å². The minimum absolute atomic E-state index is 0.496. The summed E-state index contributed by atoms with van der Waals surface area (Å²) in [5.74, 6) is 0.773. The van der Waals surface area contributed by atoms with Crippen LogP contribution >= 0.6 is 0 Å². The summed E-state index contributed by atoms with van der Waals surface area (Å²) in [6.45, 7) is 8.35. The van der Waals surface area contributed by atoms with Crippen molar-refractivity contribution in [1.29, 1.82) is 0 Å². The molecule has 0 aliphatic heterocycles. The standard InChI is InChI=1S/C17H31N3O/c1-15(2)10-17(6-4-5-7-17)13-20-14-19-12-16(20)11-18-8-9-21-3/h12,14-15,18H,4-11,13H2,1-3H3. The van der Waals surface area contributed by atoms with Gasteiger partial charge in [-0.15, -0.1) is 0 Å². The molecule has 1 aromatic rings. The molecule has 0 spiro atoms. The number of hydrogen-bond acceptors (Lipinski definition) is 3. The smallest absolute Gasteiger partial charge is 0.0948 e. The first kappa shape index (κ1) is 16.5. The highest BCUT2D eigenvalue weighted by atomic mass is 16.5. The van der Waals surface area contributed by atoms with Gasteiger partial charge in [-0.1, -0.05) is 26.7 Å². The maximum absolute atomic E-state index is 5.07. The van der Waals surface area contributed by atoms with Gasteiger partial charge in [0.15, 0.2) is 0 Å². The largest absolute Gasteiger partial charge is 0.383 e. The quantitative estimate of drug-likeness (QED) is 0.711. The molecule has 0 atom stereocenters. The molecule has 1 aliphatic carbocycles. The van der Waals surface area contributed by atoms with Crippen LogP contribution in [0.1, 0.15) is 51.6 Å². The molecule has 0 unspecified atom stereocenters. The summed E-state index contributed by atoms with van der Waals surface area (Å²) in [7, 11) is 1.74. The zero-order valence-corrected chi connectivity index (χ0v) is 13.9. The molecule has 0 bridgehead atoms. The Kier molecular flexibility index (Phi) is 6.24. The normalized spacial score (nSPS) is 17.7. The zero-order chi connectivity index (χ0) is 15.1. The third-order valence-corrected chi connectivity index (χ3v) is 4.60. The van der Waals surface area contributed by atoms with Crippen LogP contribution in [0.25, 0.3) is 0 Å². The van der Waals surface area contributed by atoms with Gasteiger partial charge < -0.3 is 14.6 Å². The summed E-state index contributed by atoms with van der Waals surface area (Å²) in [6.07, 6.45) is 10.9. The lowest BCUT2D eigenvalue weighted by Crippen LogP contribution is -2.27. The van der Waals surface area contributed by atoms with E-state index in [1.165, 1.54) is 37.8 Å². The number of hydrogen-bond donors (Lipinski definition) is 1. The SMILES string of the molecule is COCCNCc1cncn1CC1(CC(C)C)CCCC1. The predicted molar refractivity (Wildman–Crippen MR) is 86.2 cm³/mol. The van der Waals surface area contributed by atoms with Gasteiger partial charge in [0.2, 0.25) is 0 Å². The van der Waals surface area contributed by atoms with Crippen LogP contribution in [0.2, 0.25) is 0 Å². The Morgan fingerprint density at radius 2 is 2.14 bits per heavy atom. The van der Waals surface area contributed by atoms with Crippen molar-refractivity contribution in [1.82, 2.24) is 14.9 Å². The molecule has 1 aromatic heterocycles.